The molecule has 22 heavy (non-hydrogen) atoms. The fraction of sp³-hybridized carbons (Fsp3) is 0.562. The van der Waals surface area contributed by atoms with Crippen molar-refractivity contribution in [3.05, 3.63) is 34.9 Å². The average molecular weight is 301 g/mol. The topological polar surface area (TPSA) is 56.0 Å². The summed E-state index contributed by atoms with van der Waals surface area (Å²) in [4.78, 5) is 14.8. The van der Waals surface area contributed by atoms with Crippen LogP contribution in [0.2, 0.25) is 0 Å². The molecule has 1 aliphatic rings. The lowest BCUT2D eigenvalue weighted by molar-refractivity contribution is 0.0704. The van der Waals surface area contributed by atoms with Gasteiger partial charge in [-0.05, 0) is 32.8 Å². The monoisotopic (exact) mass is 301 g/mol. The summed E-state index contributed by atoms with van der Waals surface area (Å²) in [6, 6.07) is 2.05. The van der Waals surface area contributed by atoms with Gasteiger partial charge in [0.15, 0.2) is 0 Å². The summed E-state index contributed by atoms with van der Waals surface area (Å²) in [5, 5.41) is 8.86. The number of rotatable bonds is 2. The molecular weight excluding hydrogens is 278 g/mol. The number of piperidine rings is 1. The highest BCUT2D eigenvalue weighted by Gasteiger charge is 2.29. The Morgan fingerprint density at radius 3 is 2.64 bits per heavy atom. The maximum Gasteiger partial charge on any atom is 0.257 e. The minimum atomic E-state index is 0.101. The van der Waals surface area contributed by atoms with E-state index in [-0.39, 0.29) is 5.91 Å². The number of nitrogens with zero attached hydrogens (tertiary/aromatic N) is 5. The minimum Gasteiger partial charge on any atom is -0.338 e. The molecule has 0 aliphatic carbocycles. The van der Waals surface area contributed by atoms with E-state index in [2.05, 4.69) is 16.3 Å². The molecule has 0 radical (unpaired) electrons. The molecule has 0 N–H and O–H groups in total. The van der Waals surface area contributed by atoms with Gasteiger partial charge >= 0.3 is 0 Å². The fourth-order valence-corrected chi connectivity index (χ4v) is 3.30. The van der Waals surface area contributed by atoms with Crippen molar-refractivity contribution in [3.8, 4) is 0 Å². The zero-order valence-corrected chi connectivity index (χ0v) is 13.7. The van der Waals surface area contributed by atoms with Crippen molar-refractivity contribution in [1.82, 2.24) is 24.5 Å². The smallest absolute Gasteiger partial charge is 0.257 e. The molecule has 1 fully saturated rings. The molecule has 2 aromatic heterocycles. The summed E-state index contributed by atoms with van der Waals surface area (Å²) in [5.41, 5.74) is 3.58. The van der Waals surface area contributed by atoms with Crippen LogP contribution in [0.5, 0.6) is 0 Å². The Labute approximate surface area is 130 Å². The summed E-state index contributed by atoms with van der Waals surface area (Å²) in [6.07, 6.45) is 4.07. The zero-order valence-electron chi connectivity index (χ0n) is 13.7. The molecule has 0 saturated carbocycles. The van der Waals surface area contributed by atoms with Crippen LogP contribution < -0.4 is 0 Å². The van der Waals surface area contributed by atoms with Crippen LogP contribution in [0.25, 0.3) is 0 Å². The largest absolute Gasteiger partial charge is 0.338 e. The molecule has 118 valence electrons. The van der Waals surface area contributed by atoms with Gasteiger partial charge < -0.3 is 4.90 Å². The number of carbonyl (C=O) groups excluding carboxylic acids is 1. The Bertz CT molecular complexity index is 699. The first kappa shape index (κ1) is 14.8. The lowest BCUT2D eigenvalue weighted by Crippen LogP contribution is -2.39. The van der Waals surface area contributed by atoms with Gasteiger partial charge in [-0.1, -0.05) is 0 Å². The summed E-state index contributed by atoms with van der Waals surface area (Å²) >= 11 is 0. The van der Waals surface area contributed by atoms with Gasteiger partial charge in [-0.3, -0.25) is 14.2 Å². The molecule has 6 nitrogen and oxygen atoms in total. The maximum absolute atomic E-state index is 12.9. The third-order valence-electron chi connectivity index (χ3n) is 4.58. The second kappa shape index (κ2) is 5.59. The summed E-state index contributed by atoms with van der Waals surface area (Å²) in [7, 11) is 3.81. The third kappa shape index (κ3) is 2.53. The van der Waals surface area contributed by atoms with E-state index in [9.17, 15) is 4.79 Å². The van der Waals surface area contributed by atoms with Crippen molar-refractivity contribution in [1.29, 1.82) is 0 Å². The van der Waals surface area contributed by atoms with E-state index < -0.39 is 0 Å². The molecule has 1 amide bonds. The normalized spacial score (nSPS) is 18.7. The van der Waals surface area contributed by atoms with E-state index in [4.69, 9.17) is 0 Å². The van der Waals surface area contributed by atoms with Crippen molar-refractivity contribution in [3.63, 3.8) is 0 Å². The van der Waals surface area contributed by atoms with Gasteiger partial charge in [0.2, 0.25) is 0 Å². The number of likely N-dealkylation sites (tertiary alicyclic amines) is 1. The Morgan fingerprint density at radius 1 is 1.27 bits per heavy atom. The van der Waals surface area contributed by atoms with E-state index in [0.29, 0.717) is 5.92 Å². The quantitative estimate of drug-likeness (QED) is 0.850. The Hall–Kier alpha value is -2.11. The summed E-state index contributed by atoms with van der Waals surface area (Å²) in [5.74, 6) is 0.430. The third-order valence-corrected chi connectivity index (χ3v) is 4.58. The van der Waals surface area contributed by atoms with Crippen LogP contribution in [-0.2, 0) is 14.1 Å². The van der Waals surface area contributed by atoms with Crippen LogP contribution in [0, 0.1) is 13.8 Å². The van der Waals surface area contributed by atoms with Crippen LogP contribution in [0.15, 0.2) is 12.3 Å². The predicted molar refractivity (Wildman–Crippen MR) is 83.8 cm³/mol. The maximum atomic E-state index is 12.9. The number of aromatic nitrogens is 4. The first-order valence-corrected chi connectivity index (χ1v) is 7.76. The van der Waals surface area contributed by atoms with E-state index >= 15 is 0 Å². The van der Waals surface area contributed by atoms with E-state index in [1.54, 1.807) is 4.68 Å². The van der Waals surface area contributed by atoms with Crippen LogP contribution >= 0.6 is 0 Å². The summed E-state index contributed by atoms with van der Waals surface area (Å²) < 4.78 is 3.61. The van der Waals surface area contributed by atoms with Gasteiger partial charge in [-0.2, -0.15) is 10.2 Å². The second-order valence-electron chi connectivity index (χ2n) is 6.17. The number of amides is 1. The van der Waals surface area contributed by atoms with Crippen molar-refractivity contribution < 1.29 is 4.79 Å². The molecule has 2 aromatic rings. The number of aryl methyl sites for hydroxylation is 3. The molecule has 0 unspecified atom stereocenters. The molecule has 0 bridgehead atoms. The fourth-order valence-electron chi connectivity index (χ4n) is 3.30. The lowest BCUT2D eigenvalue weighted by atomic mass is 9.94. The van der Waals surface area contributed by atoms with Gasteiger partial charge in [0.05, 0.1) is 17.0 Å². The Kier molecular flexibility index (Phi) is 3.76. The number of carbonyl (C=O) groups is 1. The zero-order chi connectivity index (χ0) is 15.9. The van der Waals surface area contributed by atoms with E-state index in [0.717, 1.165) is 48.6 Å². The van der Waals surface area contributed by atoms with Crippen molar-refractivity contribution in [2.45, 2.75) is 32.6 Å². The van der Waals surface area contributed by atoms with Crippen molar-refractivity contribution in [2.24, 2.45) is 14.1 Å². The predicted octanol–water partition coefficient (Wildman–Crippen LogP) is 1.79. The number of hydrogen-bond acceptors (Lipinski definition) is 3. The summed E-state index contributed by atoms with van der Waals surface area (Å²) in [6.45, 7) is 5.41. The van der Waals surface area contributed by atoms with Gasteiger partial charge in [-0.15, -0.1) is 0 Å². The first-order valence-electron chi connectivity index (χ1n) is 7.76. The molecular formula is C16H23N5O. The van der Waals surface area contributed by atoms with Gasteiger partial charge in [-0.25, -0.2) is 0 Å². The molecule has 1 aliphatic heterocycles. The van der Waals surface area contributed by atoms with Gasteiger partial charge in [0.25, 0.3) is 5.91 Å². The van der Waals surface area contributed by atoms with Crippen molar-refractivity contribution in [2.75, 3.05) is 13.1 Å². The first-order chi connectivity index (χ1) is 10.5. The van der Waals surface area contributed by atoms with Crippen LogP contribution in [0.1, 0.15) is 46.2 Å². The highest BCUT2D eigenvalue weighted by atomic mass is 16.2. The van der Waals surface area contributed by atoms with Crippen LogP contribution in [-0.4, -0.2) is 43.5 Å². The molecule has 0 aromatic carbocycles. The van der Waals surface area contributed by atoms with E-state index in [1.807, 2.05) is 43.7 Å². The van der Waals surface area contributed by atoms with E-state index in [1.165, 1.54) is 0 Å². The average Bonchev–Trinajstić information content (AvgIpc) is 3.03. The lowest BCUT2D eigenvalue weighted by Gasteiger charge is -2.32. The molecule has 3 heterocycles. The molecule has 1 atom stereocenters. The second-order valence-corrected chi connectivity index (χ2v) is 6.17. The molecule has 3 rings (SSSR count). The molecule has 6 heteroatoms. The van der Waals surface area contributed by atoms with Crippen LogP contribution in [0.3, 0.4) is 0 Å². The Morgan fingerprint density at radius 2 is 2.05 bits per heavy atom. The minimum absolute atomic E-state index is 0.101. The molecule has 1 saturated heterocycles. The highest BCUT2D eigenvalue weighted by molar-refractivity contribution is 5.96. The van der Waals surface area contributed by atoms with Gasteiger partial charge in [0.1, 0.15) is 0 Å². The van der Waals surface area contributed by atoms with Crippen molar-refractivity contribution >= 4 is 5.91 Å². The SMILES string of the molecule is Cc1nn(C)c(C)c1C(=O)N1CCC[C@@H](c2ccn(C)n2)C1. The van der Waals surface area contributed by atoms with Crippen LogP contribution in [0.4, 0.5) is 0 Å². The molecule has 0 spiro atoms. The Balaban J connectivity index is 1.81. The number of hydrogen-bond donors (Lipinski definition) is 0. The van der Waals surface area contributed by atoms with Gasteiger partial charge in [0, 0.05) is 45.0 Å². The standard InChI is InChI=1S/C16H23N5O/c1-11-15(12(2)20(4)17-11)16(22)21-8-5-6-13(10-21)14-7-9-19(3)18-14/h7,9,13H,5-6,8,10H2,1-4H3/t13-/m1/s1. The highest BCUT2D eigenvalue weighted by Crippen LogP contribution is 2.27.